The van der Waals surface area contributed by atoms with E-state index in [4.69, 9.17) is 0 Å². The molecule has 1 amide bonds. The average Bonchev–Trinajstić information content (AvgIpc) is 2.31. The minimum absolute atomic E-state index is 0.0930. The zero-order chi connectivity index (χ0) is 14.8. The molecule has 0 saturated carbocycles. The maximum absolute atomic E-state index is 13.3. The van der Waals surface area contributed by atoms with Crippen LogP contribution in [-0.2, 0) is 0 Å². The van der Waals surface area contributed by atoms with Crippen LogP contribution < -0.4 is 10.1 Å². The number of rotatable bonds is 3. The fraction of sp³-hybridized carbons (Fsp3) is 0.364. The lowest BCUT2D eigenvalue weighted by Gasteiger charge is -2.19. The van der Waals surface area contributed by atoms with Gasteiger partial charge in [0.15, 0.2) is 6.10 Å². The number of benzene rings is 1. The van der Waals surface area contributed by atoms with Crippen LogP contribution in [0.15, 0.2) is 16.6 Å². The molecular weight excluding hydrogens is 334 g/mol. The molecule has 0 aliphatic rings. The van der Waals surface area contributed by atoms with Crippen molar-refractivity contribution in [1.82, 2.24) is 5.32 Å². The fourth-order valence-electron chi connectivity index (χ4n) is 1.20. The van der Waals surface area contributed by atoms with E-state index >= 15 is 0 Å². The summed E-state index contributed by atoms with van der Waals surface area (Å²) in [5.41, 5.74) is -0.306. The van der Waals surface area contributed by atoms with Crippen LogP contribution in [0.4, 0.5) is 17.6 Å². The molecule has 8 heteroatoms. The van der Waals surface area contributed by atoms with E-state index in [1.807, 2.05) is 0 Å². The maximum Gasteiger partial charge on any atom is 0.425 e. The van der Waals surface area contributed by atoms with Crippen molar-refractivity contribution < 1.29 is 27.1 Å². The number of amides is 1. The lowest BCUT2D eigenvalue weighted by atomic mass is 10.1. The second-order valence-electron chi connectivity index (χ2n) is 3.64. The molecule has 0 bridgehead atoms. The summed E-state index contributed by atoms with van der Waals surface area (Å²) < 4.78 is 55.2. The van der Waals surface area contributed by atoms with Crippen LogP contribution >= 0.6 is 15.9 Å². The van der Waals surface area contributed by atoms with Gasteiger partial charge >= 0.3 is 6.18 Å². The summed E-state index contributed by atoms with van der Waals surface area (Å²) in [6.07, 6.45) is -6.70. The molecule has 0 saturated heterocycles. The molecule has 0 spiro atoms. The first-order valence-electron chi connectivity index (χ1n) is 5.11. The largest absolute Gasteiger partial charge is 0.480 e. The lowest BCUT2D eigenvalue weighted by molar-refractivity contribution is -0.189. The highest BCUT2D eigenvalue weighted by Crippen LogP contribution is 2.31. The molecule has 0 aliphatic heterocycles. The molecule has 1 atom stereocenters. The quantitative estimate of drug-likeness (QED) is 0.855. The number of hydrogen-bond acceptors (Lipinski definition) is 2. The molecular formula is C11H10BrF4NO2. The third-order valence-electron chi connectivity index (χ3n) is 2.26. The van der Waals surface area contributed by atoms with Crippen molar-refractivity contribution in [3.63, 3.8) is 0 Å². The number of carbonyl (C=O) groups excluding carboxylic acids is 1. The highest BCUT2D eigenvalue weighted by Gasteiger charge is 2.38. The molecule has 1 aromatic rings. The zero-order valence-corrected chi connectivity index (χ0v) is 11.5. The van der Waals surface area contributed by atoms with E-state index < -0.39 is 24.0 Å². The van der Waals surface area contributed by atoms with Gasteiger partial charge in [0, 0.05) is 7.05 Å². The van der Waals surface area contributed by atoms with Gasteiger partial charge in [-0.15, -0.1) is 0 Å². The van der Waals surface area contributed by atoms with Crippen LogP contribution in [0.2, 0.25) is 0 Å². The van der Waals surface area contributed by atoms with Crippen molar-refractivity contribution >= 4 is 21.8 Å². The van der Waals surface area contributed by atoms with E-state index in [2.05, 4.69) is 26.0 Å². The van der Waals surface area contributed by atoms with Crippen molar-refractivity contribution in [1.29, 1.82) is 0 Å². The summed E-state index contributed by atoms with van der Waals surface area (Å²) in [4.78, 5) is 11.5. The van der Waals surface area contributed by atoms with Gasteiger partial charge in [-0.05, 0) is 35.0 Å². The minimum Gasteiger partial charge on any atom is -0.480 e. The highest BCUT2D eigenvalue weighted by atomic mass is 79.9. The van der Waals surface area contributed by atoms with E-state index in [1.54, 1.807) is 0 Å². The molecule has 106 valence electrons. The molecule has 0 aliphatic carbocycles. The number of halogens is 5. The van der Waals surface area contributed by atoms with Crippen molar-refractivity contribution in [3.05, 3.63) is 28.0 Å². The Morgan fingerprint density at radius 2 is 2.00 bits per heavy atom. The molecule has 3 nitrogen and oxygen atoms in total. The average molecular weight is 344 g/mol. The Hall–Kier alpha value is -1.31. The van der Waals surface area contributed by atoms with Crippen LogP contribution in [0.25, 0.3) is 0 Å². The standard InChI is InChI=1S/C11H10BrF4NO2/c1-5(11(14,15)16)19-9-4-7(12)8(13)3-6(9)10(18)17-2/h3-5H,1-2H3,(H,17,18). The van der Waals surface area contributed by atoms with Gasteiger partial charge in [0.05, 0.1) is 10.0 Å². The molecule has 0 radical (unpaired) electrons. The summed E-state index contributed by atoms with van der Waals surface area (Å²) >= 11 is 2.82. The highest BCUT2D eigenvalue weighted by molar-refractivity contribution is 9.10. The number of carbonyl (C=O) groups is 1. The second kappa shape index (κ2) is 5.77. The number of nitrogens with one attached hydrogen (secondary N) is 1. The predicted octanol–water partition coefficient (Wildman–Crippen LogP) is 3.28. The Labute approximate surface area is 115 Å². The number of ether oxygens (including phenoxy) is 1. The van der Waals surface area contributed by atoms with Crippen molar-refractivity contribution in [2.24, 2.45) is 0 Å². The monoisotopic (exact) mass is 343 g/mol. The van der Waals surface area contributed by atoms with E-state index in [-0.39, 0.29) is 15.8 Å². The van der Waals surface area contributed by atoms with Crippen LogP contribution in [0, 0.1) is 5.82 Å². The van der Waals surface area contributed by atoms with Crippen molar-refractivity contribution in [2.75, 3.05) is 7.05 Å². The molecule has 0 aromatic heterocycles. The first kappa shape index (κ1) is 15.7. The second-order valence-corrected chi connectivity index (χ2v) is 4.50. The molecule has 1 N–H and O–H groups in total. The minimum atomic E-state index is -4.58. The fourth-order valence-corrected chi connectivity index (χ4v) is 1.52. The first-order valence-corrected chi connectivity index (χ1v) is 5.90. The summed E-state index contributed by atoms with van der Waals surface area (Å²) in [6, 6.07) is 1.80. The van der Waals surface area contributed by atoms with E-state index in [1.165, 1.54) is 7.05 Å². The zero-order valence-electron chi connectivity index (χ0n) is 9.94. The van der Waals surface area contributed by atoms with Crippen LogP contribution in [-0.4, -0.2) is 25.2 Å². The Morgan fingerprint density at radius 1 is 1.42 bits per heavy atom. The van der Waals surface area contributed by atoms with Gasteiger partial charge in [-0.1, -0.05) is 0 Å². The molecule has 1 unspecified atom stereocenters. The third-order valence-corrected chi connectivity index (χ3v) is 2.87. The molecule has 1 aromatic carbocycles. The van der Waals surface area contributed by atoms with Crippen molar-refractivity contribution in [2.45, 2.75) is 19.2 Å². The van der Waals surface area contributed by atoms with Gasteiger partial charge in [0.1, 0.15) is 11.6 Å². The van der Waals surface area contributed by atoms with Crippen LogP contribution in [0.5, 0.6) is 5.75 Å². The third kappa shape index (κ3) is 3.82. The maximum atomic E-state index is 13.3. The smallest absolute Gasteiger partial charge is 0.425 e. The lowest BCUT2D eigenvalue weighted by Crippen LogP contribution is -2.32. The van der Waals surface area contributed by atoms with E-state index in [9.17, 15) is 22.4 Å². The first-order chi connectivity index (χ1) is 8.66. The van der Waals surface area contributed by atoms with E-state index in [0.29, 0.717) is 0 Å². The van der Waals surface area contributed by atoms with Gasteiger partial charge in [0.25, 0.3) is 5.91 Å². The van der Waals surface area contributed by atoms with Gasteiger partial charge in [0.2, 0.25) is 0 Å². The van der Waals surface area contributed by atoms with Gasteiger partial charge in [-0.3, -0.25) is 4.79 Å². The summed E-state index contributed by atoms with van der Waals surface area (Å²) in [5, 5.41) is 2.20. The summed E-state index contributed by atoms with van der Waals surface area (Å²) in [6.45, 7) is 0.797. The van der Waals surface area contributed by atoms with Gasteiger partial charge in [-0.2, -0.15) is 13.2 Å². The Morgan fingerprint density at radius 3 is 2.47 bits per heavy atom. The summed E-state index contributed by atoms with van der Waals surface area (Å²) in [7, 11) is 1.28. The van der Waals surface area contributed by atoms with Gasteiger partial charge in [-0.25, -0.2) is 4.39 Å². The van der Waals surface area contributed by atoms with Crippen molar-refractivity contribution in [3.8, 4) is 5.75 Å². The topological polar surface area (TPSA) is 38.3 Å². The molecule has 19 heavy (non-hydrogen) atoms. The number of alkyl halides is 3. The molecule has 1 rings (SSSR count). The summed E-state index contributed by atoms with van der Waals surface area (Å²) in [5.74, 6) is -1.86. The number of hydrogen-bond donors (Lipinski definition) is 1. The Bertz CT molecular complexity index is 490. The Balaban J connectivity index is 3.18. The van der Waals surface area contributed by atoms with Crippen LogP contribution in [0.3, 0.4) is 0 Å². The van der Waals surface area contributed by atoms with E-state index in [0.717, 1.165) is 19.1 Å². The Kier molecular flexibility index (Phi) is 4.78. The molecule has 0 heterocycles. The normalized spacial score (nSPS) is 13.0. The van der Waals surface area contributed by atoms with Crippen LogP contribution in [0.1, 0.15) is 17.3 Å². The SMILES string of the molecule is CNC(=O)c1cc(F)c(Br)cc1OC(C)C(F)(F)F. The molecule has 0 fully saturated rings. The van der Waals surface area contributed by atoms with Gasteiger partial charge < -0.3 is 10.1 Å². The predicted molar refractivity (Wildman–Crippen MR) is 63.6 cm³/mol.